The van der Waals surface area contributed by atoms with E-state index < -0.39 is 23.8 Å². The Morgan fingerprint density at radius 1 is 1.32 bits per heavy atom. The van der Waals surface area contributed by atoms with Gasteiger partial charge in [0.05, 0.1) is 18.0 Å². The number of carboxylic acids is 1. The van der Waals surface area contributed by atoms with E-state index in [-0.39, 0.29) is 53.1 Å². The zero-order valence-corrected chi connectivity index (χ0v) is 19.2. The highest BCUT2D eigenvalue weighted by molar-refractivity contribution is 8.03. The highest BCUT2D eigenvalue weighted by Gasteiger charge is 2.60. The van der Waals surface area contributed by atoms with Crippen molar-refractivity contribution in [3.05, 3.63) is 10.6 Å². The molecular formula is C21H30FN3O5S. The quantitative estimate of drug-likeness (QED) is 0.531. The zero-order chi connectivity index (χ0) is 23.2. The Kier molecular flexibility index (Phi) is 6.81. The van der Waals surface area contributed by atoms with Crippen molar-refractivity contribution in [1.29, 1.82) is 0 Å². The molecule has 1 unspecified atom stereocenters. The second kappa shape index (κ2) is 8.90. The summed E-state index contributed by atoms with van der Waals surface area (Å²) >= 11 is 1.42. The summed E-state index contributed by atoms with van der Waals surface area (Å²) in [7, 11) is 3.39. The first kappa shape index (κ1) is 23.7. The molecule has 0 radical (unpaired) electrons. The number of nitrogens with zero attached hydrogens (tertiary/aromatic N) is 2. The van der Waals surface area contributed by atoms with Crippen molar-refractivity contribution in [1.82, 2.24) is 15.1 Å². The Balaban J connectivity index is 1.75. The fraction of sp³-hybridized carbons (Fsp3) is 0.714. The highest BCUT2D eigenvalue weighted by Crippen LogP contribution is 2.53. The molecule has 0 saturated carbocycles. The Bertz CT molecular complexity index is 830. The van der Waals surface area contributed by atoms with Crippen molar-refractivity contribution >= 4 is 35.3 Å². The number of amides is 2. The summed E-state index contributed by atoms with van der Waals surface area (Å²) in [5.74, 6) is -3.11. The third-order valence-corrected chi connectivity index (χ3v) is 8.01. The number of thioether (sulfide) groups is 1. The minimum atomic E-state index is -1.58. The van der Waals surface area contributed by atoms with Crippen LogP contribution in [-0.2, 0) is 19.2 Å². The Morgan fingerprint density at radius 2 is 1.97 bits per heavy atom. The van der Waals surface area contributed by atoms with Crippen molar-refractivity contribution in [3.63, 3.8) is 0 Å². The lowest BCUT2D eigenvalue weighted by Crippen LogP contribution is -2.62. The number of rotatable bonds is 8. The molecule has 0 aliphatic carbocycles. The molecule has 2 fully saturated rings. The molecule has 3 aliphatic rings. The molecule has 3 aliphatic heterocycles. The molecule has 0 aromatic carbocycles. The fourth-order valence-electron chi connectivity index (χ4n) is 4.85. The number of alkyl halides is 1. The number of β-lactam (4-membered cyclic amide) rings is 1. The van der Waals surface area contributed by atoms with Gasteiger partial charge in [0.2, 0.25) is 11.8 Å². The van der Waals surface area contributed by atoms with Gasteiger partial charge in [-0.1, -0.05) is 13.8 Å². The van der Waals surface area contributed by atoms with Crippen LogP contribution in [0.4, 0.5) is 4.39 Å². The van der Waals surface area contributed by atoms with E-state index in [4.69, 9.17) is 0 Å². The van der Waals surface area contributed by atoms with E-state index in [0.717, 1.165) is 0 Å². The number of fused-ring (bicyclic) bond motifs is 1. The van der Waals surface area contributed by atoms with Crippen LogP contribution < -0.4 is 5.32 Å². The third-order valence-electron chi connectivity index (χ3n) is 6.49. The van der Waals surface area contributed by atoms with Crippen molar-refractivity contribution in [3.8, 4) is 0 Å². The molecule has 2 saturated heterocycles. The van der Waals surface area contributed by atoms with Gasteiger partial charge in [-0.05, 0) is 19.3 Å². The van der Waals surface area contributed by atoms with Crippen LogP contribution in [0.25, 0.3) is 0 Å². The first-order chi connectivity index (χ1) is 14.5. The molecule has 172 valence electrons. The van der Waals surface area contributed by atoms with Crippen molar-refractivity contribution in [2.45, 2.75) is 57.1 Å². The largest absolute Gasteiger partial charge is 0.477 e. The average Bonchev–Trinajstić information content (AvgIpc) is 3.23. The van der Waals surface area contributed by atoms with Crippen molar-refractivity contribution in [2.24, 2.45) is 17.8 Å². The monoisotopic (exact) mass is 455 g/mol. The van der Waals surface area contributed by atoms with Crippen LogP contribution >= 0.6 is 11.8 Å². The maximum atomic E-state index is 13.3. The number of carbonyl (C=O) groups is 4. The second-order valence-electron chi connectivity index (χ2n) is 8.96. The lowest BCUT2D eigenvalue weighted by atomic mass is 9.73. The van der Waals surface area contributed by atoms with E-state index in [9.17, 15) is 28.7 Å². The van der Waals surface area contributed by atoms with E-state index in [1.165, 1.54) is 28.5 Å². The number of likely N-dealkylation sites (N-methyl/N-ethyl adjacent to an activating group) is 1. The van der Waals surface area contributed by atoms with E-state index >= 15 is 0 Å². The third kappa shape index (κ3) is 4.24. The van der Waals surface area contributed by atoms with Gasteiger partial charge in [0, 0.05) is 43.1 Å². The maximum absolute atomic E-state index is 13.3. The van der Waals surface area contributed by atoms with Gasteiger partial charge in [0.15, 0.2) is 12.0 Å². The molecule has 0 spiro atoms. The lowest BCUT2D eigenvalue weighted by molar-refractivity contribution is -0.160. The summed E-state index contributed by atoms with van der Waals surface area (Å²) in [5, 5.41) is 13.0. The van der Waals surface area contributed by atoms with Gasteiger partial charge in [-0.25, -0.2) is 9.18 Å². The van der Waals surface area contributed by atoms with Gasteiger partial charge in [0.25, 0.3) is 0 Å². The first-order valence-electron chi connectivity index (χ1n) is 10.5. The zero-order valence-electron chi connectivity index (χ0n) is 18.4. The number of nitrogens with one attached hydrogen (secondary N) is 1. The molecule has 31 heavy (non-hydrogen) atoms. The molecule has 0 bridgehead atoms. The van der Waals surface area contributed by atoms with E-state index in [1.54, 1.807) is 21.0 Å². The normalized spacial score (nSPS) is 31.9. The van der Waals surface area contributed by atoms with Crippen LogP contribution in [0.5, 0.6) is 0 Å². The van der Waals surface area contributed by atoms with E-state index in [1.807, 2.05) is 6.92 Å². The molecule has 2 amide bonds. The summed E-state index contributed by atoms with van der Waals surface area (Å²) < 4.78 is 13.3. The van der Waals surface area contributed by atoms with Gasteiger partial charge in [-0.3, -0.25) is 14.4 Å². The van der Waals surface area contributed by atoms with Gasteiger partial charge < -0.3 is 20.2 Å². The molecule has 0 aromatic heterocycles. The highest BCUT2D eigenvalue weighted by atomic mass is 32.2. The van der Waals surface area contributed by atoms with Gasteiger partial charge in [0.1, 0.15) is 5.70 Å². The molecule has 3 rings (SSSR count). The molecule has 7 atom stereocenters. The molecule has 2 N–H and O–H groups in total. The van der Waals surface area contributed by atoms with Crippen molar-refractivity contribution in [2.75, 3.05) is 20.6 Å². The first-order valence-corrected chi connectivity index (χ1v) is 11.4. The van der Waals surface area contributed by atoms with Crippen LogP contribution in [0.3, 0.4) is 0 Å². The van der Waals surface area contributed by atoms with E-state index in [2.05, 4.69) is 5.32 Å². The summed E-state index contributed by atoms with van der Waals surface area (Å²) in [5.41, 5.74) is 0.00326. The topological polar surface area (TPSA) is 107 Å². The number of aliphatic carboxylic acids is 1. The SMILES string of the molecule is CC(F)C(=O)C[C@H](C)[C@H]1C(=O)N2C(C(=O)O)=C(S[C@@H]3CN[C@H](C(=O)N(C)C)C3)[C@H](C)[C@H]12. The van der Waals surface area contributed by atoms with Crippen LogP contribution in [0.1, 0.15) is 33.6 Å². The van der Waals surface area contributed by atoms with Gasteiger partial charge in [-0.2, -0.15) is 0 Å². The number of ketones is 1. The van der Waals surface area contributed by atoms with Gasteiger partial charge in [-0.15, -0.1) is 11.8 Å². The Morgan fingerprint density at radius 3 is 2.52 bits per heavy atom. The average molecular weight is 456 g/mol. The van der Waals surface area contributed by atoms with Crippen molar-refractivity contribution < 1.29 is 28.7 Å². The number of hydrogen-bond donors (Lipinski definition) is 2. The fourth-order valence-corrected chi connectivity index (χ4v) is 6.32. The van der Waals surface area contributed by atoms with Crippen LogP contribution in [0.15, 0.2) is 10.6 Å². The summed E-state index contributed by atoms with van der Waals surface area (Å²) in [6.07, 6.45) is -1.05. The molecule has 8 nitrogen and oxygen atoms in total. The summed E-state index contributed by atoms with van der Waals surface area (Å²) in [4.78, 5) is 52.4. The van der Waals surface area contributed by atoms with Gasteiger partial charge >= 0.3 is 5.97 Å². The minimum absolute atomic E-state index is 0.00326. The minimum Gasteiger partial charge on any atom is -0.477 e. The molecule has 10 heteroatoms. The Labute approximate surface area is 185 Å². The molecule has 0 aromatic rings. The van der Waals surface area contributed by atoms with E-state index in [0.29, 0.717) is 17.9 Å². The van der Waals surface area contributed by atoms with Crippen LogP contribution in [0.2, 0.25) is 0 Å². The predicted octanol–water partition coefficient (Wildman–Crippen LogP) is 1.26. The number of halogens is 1. The Hall–Kier alpha value is -1.94. The standard InChI is InChI=1S/C21H30FN3O5S/c1-9(6-14(26)11(3)22)15-16-10(2)18(17(21(29)30)25(16)20(15)28)31-12-7-13(23-8-12)19(27)24(4)5/h9-13,15-16,23H,6-8H2,1-5H3,(H,29,30)/t9-,10+,11?,12-,13-,15+,16+/m0/s1. The summed E-state index contributed by atoms with van der Waals surface area (Å²) in [6, 6.07) is -0.648. The number of hydrogen-bond acceptors (Lipinski definition) is 6. The molecule has 3 heterocycles. The summed E-state index contributed by atoms with van der Waals surface area (Å²) in [6.45, 7) is 5.40. The van der Waals surface area contributed by atoms with Crippen LogP contribution in [0, 0.1) is 17.8 Å². The maximum Gasteiger partial charge on any atom is 0.353 e. The number of carboxylic acid groups (broad SMARTS) is 1. The lowest BCUT2D eigenvalue weighted by Gasteiger charge is -2.47. The number of carbonyl (C=O) groups excluding carboxylic acids is 3. The van der Waals surface area contributed by atoms with Crippen LogP contribution in [-0.4, -0.2) is 82.6 Å². The predicted molar refractivity (Wildman–Crippen MR) is 114 cm³/mol. The molecular weight excluding hydrogens is 425 g/mol. The smallest absolute Gasteiger partial charge is 0.353 e. The second-order valence-corrected chi connectivity index (χ2v) is 10.3. The number of Topliss-reactive ketones (excluding diaryl/α,β-unsaturated/α-hetero) is 1.